The Bertz CT molecular complexity index is 986. The Labute approximate surface area is 169 Å². The first kappa shape index (κ1) is 19.3. The molecule has 0 aliphatic rings. The maximum atomic E-state index is 12.6. The van der Waals surface area contributed by atoms with Crippen molar-refractivity contribution in [2.24, 2.45) is 0 Å². The molecule has 138 valence electrons. The Hall–Kier alpha value is -2.48. The normalized spacial score (nSPS) is 10.5. The number of halogens is 2. The average molecular weight is 421 g/mol. The third-order valence-corrected chi connectivity index (χ3v) is 5.21. The number of hydrogen-bond acceptors (Lipinski definition) is 5. The minimum absolute atomic E-state index is 0.146. The highest BCUT2D eigenvalue weighted by molar-refractivity contribution is 7.15. The van der Waals surface area contributed by atoms with Crippen molar-refractivity contribution in [1.29, 1.82) is 0 Å². The second kappa shape index (κ2) is 8.47. The number of para-hydroxylation sites is 1. The highest BCUT2D eigenvalue weighted by Crippen LogP contribution is 2.26. The van der Waals surface area contributed by atoms with Crippen molar-refractivity contribution in [3.8, 4) is 0 Å². The van der Waals surface area contributed by atoms with Crippen molar-refractivity contribution >= 4 is 57.2 Å². The minimum Gasteiger partial charge on any atom is -0.321 e. The van der Waals surface area contributed by atoms with Crippen LogP contribution in [0.25, 0.3) is 0 Å². The number of amides is 2. The van der Waals surface area contributed by atoms with Gasteiger partial charge in [0.2, 0.25) is 5.13 Å². The summed E-state index contributed by atoms with van der Waals surface area (Å²) < 4.78 is 0. The van der Waals surface area contributed by atoms with Crippen LogP contribution in [-0.2, 0) is 6.42 Å². The van der Waals surface area contributed by atoms with Crippen LogP contribution in [0.5, 0.6) is 0 Å². The van der Waals surface area contributed by atoms with E-state index in [-0.39, 0.29) is 21.2 Å². The lowest BCUT2D eigenvalue weighted by molar-refractivity contribution is 0.102. The van der Waals surface area contributed by atoms with E-state index in [1.165, 1.54) is 11.3 Å². The van der Waals surface area contributed by atoms with Gasteiger partial charge in [0.05, 0.1) is 26.9 Å². The lowest BCUT2D eigenvalue weighted by Crippen LogP contribution is -2.18. The third kappa shape index (κ3) is 4.44. The molecule has 2 N–H and O–H groups in total. The van der Waals surface area contributed by atoms with Crippen LogP contribution >= 0.6 is 34.5 Å². The number of benzene rings is 2. The van der Waals surface area contributed by atoms with E-state index in [2.05, 4.69) is 20.8 Å². The van der Waals surface area contributed by atoms with Crippen LogP contribution in [0.15, 0.2) is 42.5 Å². The topological polar surface area (TPSA) is 84.0 Å². The molecule has 1 heterocycles. The summed E-state index contributed by atoms with van der Waals surface area (Å²) in [6, 6.07) is 11.4. The molecule has 3 aromatic rings. The Morgan fingerprint density at radius 3 is 2.33 bits per heavy atom. The summed E-state index contributed by atoms with van der Waals surface area (Å²) >= 11 is 13.5. The molecule has 3 rings (SSSR count). The van der Waals surface area contributed by atoms with Crippen LogP contribution in [0, 0.1) is 0 Å². The first-order chi connectivity index (χ1) is 13.0. The van der Waals surface area contributed by atoms with Gasteiger partial charge in [0.25, 0.3) is 11.8 Å². The molecule has 2 amide bonds. The van der Waals surface area contributed by atoms with Crippen molar-refractivity contribution in [3.63, 3.8) is 0 Å². The highest BCUT2D eigenvalue weighted by atomic mass is 35.5. The highest BCUT2D eigenvalue weighted by Gasteiger charge is 2.19. The summed E-state index contributed by atoms with van der Waals surface area (Å²) in [5.74, 6) is -0.912. The van der Waals surface area contributed by atoms with Crippen LogP contribution in [0.3, 0.4) is 0 Å². The zero-order valence-electron chi connectivity index (χ0n) is 14.1. The minimum atomic E-state index is -0.505. The van der Waals surface area contributed by atoms with Crippen molar-refractivity contribution in [2.75, 3.05) is 10.6 Å². The Morgan fingerprint density at radius 2 is 1.67 bits per heavy atom. The summed E-state index contributed by atoms with van der Waals surface area (Å²) in [6.07, 6.45) is 0.735. The molecule has 27 heavy (non-hydrogen) atoms. The summed E-state index contributed by atoms with van der Waals surface area (Å²) in [5.41, 5.74) is 0.756. The van der Waals surface area contributed by atoms with Gasteiger partial charge in [0, 0.05) is 0 Å². The van der Waals surface area contributed by atoms with Gasteiger partial charge in [-0.15, -0.1) is 10.2 Å². The molecule has 0 aliphatic carbocycles. The molecule has 0 radical (unpaired) electrons. The Morgan fingerprint density at radius 1 is 0.963 bits per heavy atom. The van der Waals surface area contributed by atoms with Gasteiger partial charge in [-0.25, -0.2) is 0 Å². The smallest absolute Gasteiger partial charge is 0.259 e. The van der Waals surface area contributed by atoms with Gasteiger partial charge in [0.15, 0.2) is 0 Å². The monoisotopic (exact) mass is 420 g/mol. The maximum absolute atomic E-state index is 12.6. The molecule has 0 aliphatic heterocycles. The SMILES string of the molecule is CCc1nnc(NC(=O)c2ccccc2NC(=O)c2c(Cl)cccc2Cl)s1. The fourth-order valence-corrected chi connectivity index (χ4v) is 3.54. The molecule has 0 fully saturated rings. The third-order valence-electron chi connectivity index (χ3n) is 3.60. The second-order valence-electron chi connectivity index (χ2n) is 5.40. The van der Waals surface area contributed by atoms with Crippen molar-refractivity contribution in [2.45, 2.75) is 13.3 Å². The lowest BCUT2D eigenvalue weighted by atomic mass is 10.1. The molecule has 0 atom stereocenters. The fraction of sp³-hybridized carbons (Fsp3) is 0.111. The predicted octanol–water partition coefficient (Wildman–Crippen LogP) is 4.91. The maximum Gasteiger partial charge on any atom is 0.259 e. The molecule has 0 spiro atoms. The zero-order chi connectivity index (χ0) is 19.4. The van der Waals surface area contributed by atoms with Crippen molar-refractivity contribution in [1.82, 2.24) is 10.2 Å². The van der Waals surface area contributed by atoms with Gasteiger partial charge in [-0.05, 0) is 30.7 Å². The molecule has 2 aromatic carbocycles. The fourth-order valence-electron chi connectivity index (χ4n) is 2.30. The van der Waals surface area contributed by atoms with Crippen LogP contribution in [-0.4, -0.2) is 22.0 Å². The van der Waals surface area contributed by atoms with E-state index in [0.717, 1.165) is 11.4 Å². The van der Waals surface area contributed by atoms with E-state index in [1.807, 2.05) is 6.92 Å². The standard InChI is InChI=1S/C18H14Cl2N4O2S/c1-2-14-23-24-18(27-14)22-16(25)10-6-3-4-9-13(10)21-17(26)15-11(19)7-5-8-12(15)20/h3-9H,2H2,1H3,(H,21,26)(H,22,24,25). The summed E-state index contributed by atoms with van der Waals surface area (Å²) in [7, 11) is 0. The average Bonchev–Trinajstić information content (AvgIpc) is 3.09. The largest absolute Gasteiger partial charge is 0.321 e. The summed E-state index contributed by atoms with van der Waals surface area (Å²) in [4.78, 5) is 25.2. The molecule has 0 bridgehead atoms. The molecule has 0 saturated carbocycles. The van der Waals surface area contributed by atoms with E-state index >= 15 is 0 Å². The number of carbonyl (C=O) groups is 2. The molecule has 0 saturated heterocycles. The second-order valence-corrected chi connectivity index (χ2v) is 7.28. The summed E-state index contributed by atoms with van der Waals surface area (Å²) in [5, 5.41) is 14.9. The number of anilines is 2. The quantitative estimate of drug-likeness (QED) is 0.613. The molecule has 6 nitrogen and oxygen atoms in total. The van der Waals surface area contributed by atoms with E-state index in [1.54, 1.807) is 42.5 Å². The van der Waals surface area contributed by atoms with E-state index in [9.17, 15) is 9.59 Å². The predicted molar refractivity (Wildman–Crippen MR) is 108 cm³/mol. The Balaban J connectivity index is 1.83. The number of aryl methyl sites for hydroxylation is 1. The van der Waals surface area contributed by atoms with Gasteiger partial charge in [-0.1, -0.05) is 59.7 Å². The van der Waals surface area contributed by atoms with Crippen LogP contribution in [0.4, 0.5) is 10.8 Å². The number of aromatic nitrogens is 2. The molecular weight excluding hydrogens is 407 g/mol. The van der Waals surface area contributed by atoms with Gasteiger partial charge in [0.1, 0.15) is 5.01 Å². The van der Waals surface area contributed by atoms with Gasteiger partial charge >= 0.3 is 0 Å². The number of carbonyl (C=O) groups excluding carboxylic acids is 2. The van der Waals surface area contributed by atoms with Crippen LogP contribution in [0.1, 0.15) is 32.6 Å². The molecule has 0 unspecified atom stereocenters. The van der Waals surface area contributed by atoms with E-state index in [4.69, 9.17) is 23.2 Å². The first-order valence-corrected chi connectivity index (χ1v) is 9.55. The van der Waals surface area contributed by atoms with Gasteiger partial charge in [-0.3, -0.25) is 14.9 Å². The molecule has 1 aromatic heterocycles. The van der Waals surface area contributed by atoms with E-state index < -0.39 is 11.8 Å². The summed E-state index contributed by atoms with van der Waals surface area (Å²) in [6.45, 7) is 1.96. The first-order valence-electron chi connectivity index (χ1n) is 7.97. The number of nitrogens with one attached hydrogen (secondary N) is 2. The van der Waals surface area contributed by atoms with Crippen molar-refractivity contribution < 1.29 is 9.59 Å². The zero-order valence-corrected chi connectivity index (χ0v) is 16.5. The van der Waals surface area contributed by atoms with Crippen molar-refractivity contribution in [3.05, 3.63) is 68.6 Å². The molecular formula is C18H14Cl2N4O2S. The van der Waals surface area contributed by atoms with Crippen LogP contribution < -0.4 is 10.6 Å². The number of hydrogen-bond donors (Lipinski definition) is 2. The Kier molecular flexibility index (Phi) is 6.05. The van der Waals surface area contributed by atoms with Gasteiger partial charge in [-0.2, -0.15) is 0 Å². The lowest BCUT2D eigenvalue weighted by Gasteiger charge is -2.12. The molecule has 9 heteroatoms. The van der Waals surface area contributed by atoms with Crippen LogP contribution in [0.2, 0.25) is 10.0 Å². The number of rotatable bonds is 5. The van der Waals surface area contributed by atoms with Gasteiger partial charge < -0.3 is 5.32 Å². The number of nitrogens with zero attached hydrogens (tertiary/aromatic N) is 2. The van der Waals surface area contributed by atoms with E-state index in [0.29, 0.717) is 10.8 Å².